The van der Waals surface area contributed by atoms with Crippen molar-refractivity contribution in [3.05, 3.63) is 22.8 Å². The van der Waals surface area contributed by atoms with Crippen LogP contribution in [-0.2, 0) is 16.0 Å². The van der Waals surface area contributed by atoms with Crippen LogP contribution in [-0.4, -0.2) is 39.6 Å². The van der Waals surface area contributed by atoms with Crippen LogP contribution >= 0.6 is 0 Å². The summed E-state index contributed by atoms with van der Waals surface area (Å²) in [4.78, 5) is 23.1. The Morgan fingerprint density at radius 2 is 1.83 bits per heavy atom. The van der Waals surface area contributed by atoms with E-state index in [0.29, 0.717) is 42.2 Å². The molecule has 0 bridgehead atoms. The summed E-state index contributed by atoms with van der Waals surface area (Å²) in [6.45, 7) is 1.84. The van der Waals surface area contributed by atoms with Gasteiger partial charge in [-0.05, 0) is 24.6 Å². The summed E-state index contributed by atoms with van der Waals surface area (Å²) < 4.78 is 16.1. The Balaban J connectivity index is 2.23. The smallest absolute Gasteiger partial charge is 0.247 e. The number of methoxy groups -OCH3 is 3. The molecule has 0 atom stereocenters. The zero-order valence-corrected chi connectivity index (χ0v) is 13.8. The van der Waals surface area contributed by atoms with Gasteiger partial charge in [0.15, 0.2) is 11.5 Å². The van der Waals surface area contributed by atoms with Crippen LogP contribution in [0, 0.1) is 0 Å². The lowest BCUT2D eigenvalue weighted by Crippen LogP contribution is -2.27. The molecule has 6 heteroatoms. The third-order valence-electron chi connectivity index (χ3n) is 3.72. The van der Waals surface area contributed by atoms with Gasteiger partial charge in [0.1, 0.15) is 5.78 Å². The largest absolute Gasteiger partial charge is 0.493 e. The van der Waals surface area contributed by atoms with Gasteiger partial charge in [0.05, 0.1) is 21.3 Å². The third-order valence-corrected chi connectivity index (χ3v) is 3.72. The van der Waals surface area contributed by atoms with Gasteiger partial charge in [0, 0.05) is 30.5 Å². The first kappa shape index (κ1) is 16.9. The summed E-state index contributed by atoms with van der Waals surface area (Å²) in [5.74, 6) is 1.51. The van der Waals surface area contributed by atoms with Gasteiger partial charge in [-0.15, -0.1) is 0 Å². The normalized spacial score (nSPS) is 12.3. The highest BCUT2D eigenvalue weighted by molar-refractivity contribution is 6.01. The average molecular weight is 319 g/mol. The van der Waals surface area contributed by atoms with Crippen molar-refractivity contribution in [3.8, 4) is 17.2 Å². The maximum Gasteiger partial charge on any atom is 0.247 e. The fourth-order valence-corrected chi connectivity index (χ4v) is 2.59. The number of ketones is 1. The van der Waals surface area contributed by atoms with Gasteiger partial charge < -0.3 is 19.5 Å². The number of benzene rings is 1. The lowest BCUT2D eigenvalue weighted by molar-refractivity contribution is -0.118. The zero-order valence-electron chi connectivity index (χ0n) is 13.8. The Hall–Kier alpha value is -2.50. The molecule has 0 fully saturated rings. The lowest BCUT2D eigenvalue weighted by atomic mass is 10.1. The Morgan fingerprint density at radius 3 is 2.39 bits per heavy atom. The van der Waals surface area contributed by atoms with Gasteiger partial charge in [0.2, 0.25) is 11.7 Å². The molecule has 0 radical (unpaired) electrons. The van der Waals surface area contributed by atoms with Crippen LogP contribution in [0.25, 0.3) is 6.08 Å². The minimum Gasteiger partial charge on any atom is -0.493 e. The van der Waals surface area contributed by atoms with Gasteiger partial charge >= 0.3 is 0 Å². The summed E-state index contributed by atoms with van der Waals surface area (Å²) in [5, 5.41) is 2.75. The van der Waals surface area contributed by atoms with Crippen molar-refractivity contribution in [3.63, 3.8) is 0 Å². The molecule has 0 saturated carbocycles. The Bertz CT molecular complexity index is 663. The summed E-state index contributed by atoms with van der Waals surface area (Å²) in [5.41, 5.74) is 2.38. The van der Waals surface area contributed by atoms with Crippen LogP contribution in [0.1, 0.15) is 24.5 Å². The number of carbonyl (C=O) groups is 2. The maximum absolute atomic E-state index is 12.2. The van der Waals surface area contributed by atoms with Crippen LogP contribution in [0.5, 0.6) is 17.2 Å². The molecule has 0 saturated heterocycles. The molecule has 0 aliphatic heterocycles. The fourth-order valence-electron chi connectivity index (χ4n) is 2.59. The molecule has 1 aliphatic rings. The van der Waals surface area contributed by atoms with Crippen LogP contribution in [0.4, 0.5) is 0 Å². The molecular weight excluding hydrogens is 298 g/mol. The van der Waals surface area contributed by atoms with Gasteiger partial charge in [-0.25, -0.2) is 0 Å². The Kier molecular flexibility index (Phi) is 5.26. The van der Waals surface area contributed by atoms with E-state index in [1.54, 1.807) is 21.3 Å². The Labute approximate surface area is 135 Å². The number of ether oxygens (including phenoxy) is 3. The highest BCUT2D eigenvalue weighted by Crippen LogP contribution is 2.45. The molecule has 23 heavy (non-hydrogen) atoms. The number of Topliss-reactive ketones (excluding diaryl/α,β-unsaturated/α-hetero) is 1. The molecule has 6 nitrogen and oxygen atoms in total. The van der Waals surface area contributed by atoms with Gasteiger partial charge in [0.25, 0.3) is 0 Å². The highest BCUT2D eigenvalue weighted by Gasteiger charge is 2.26. The predicted octanol–water partition coefficient (Wildman–Crippen LogP) is 1.75. The van der Waals surface area contributed by atoms with E-state index in [9.17, 15) is 9.59 Å². The molecule has 1 aliphatic carbocycles. The van der Waals surface area contributed by atoms with Crippen molar-refractivity contribution in [2.24, 2.45) is 0 Å². The molecule has 0 unspecified atom stereocenters. The second kappa shape index (κ2) is 7.17. The van der Waals surface area contributed by atoms with Gasteiger partial charge in [-0.2, -0.15) is 0 Å². The van der Waals surface area contributed by atoms with Crippen molar-refractivity contribution in [1.82, 2.24) is 5.32 Å². The first-order chi connectivity index (χ1) is 11.0. The van der Waals surface area contributed by atoms with Crippen LogP contribution < -0.4 is 19.5 Å². The summed E-state index contributed by atoms with van der Waals surface area (Å²) in [6.07, 6.45) is 2.59. The molecule has 0 spiro atoms. The van der Waals surface area contributed by atoms with Crippen LogP contribution in [0.15, 0.2) is 11.6 Å². The molecule has 0 heterocycles. The van der Waals surface area contributed by atoms with Crippen molar-refractivity contribution in [2.45, 2.75) is 19.8 Å². The van der Waals surface area contributed by atoms with Crippen molar-refractivity contribution >= 4 is 17.8 Å². The summed E-state index contributed by atoms with van der Waals surface area (Å²) in [6, 6.07) is 1.83. The minimum atomic E-state index is -0.178. The summed E-state index contributed by atoms with van der Waals surface area (Å²) in [7, 11) is 4.66. The first-order valence-corrected chi connectivity index (χ1v) is 7.31. The number of amides is 1. The van der Waals surface area contributed by atoms with E-state index in [-0.39, 0.29) is 11.7 Å². The van der Waals surface area contributed by atoms with Crippen LogP contribution in [0.2, 0.25) is 0 Å². The first-order valence-electron chi connectivity index (χ1n) is 7.31. The number of hydrogen-bond acceptors (Lipinski definition) is 5. The van der Waals surface area contributed by atoms with Crippen LogP contribution in [0.3, 0.4) is 0 Å². The van der Waals surface area contributed by atoms with E-state index in [2.05, 4.69) is 5.32 Å². The lowest BCUT2D eigenvalue weighted by Gasteiger charge is -2.15. The van der Waals surface area contributed by atoms with Crippen molar-refractivity contribution in [2.75, 3.05) is 27.9 Å². The number of fused-ring (bicyclic) bond motifs is 1. The predicted molar refractivity (Wildman–Crippen MR) is 86.1 cm³/mol. The van der Waals surface area contributed by atoms with E-state index in [4.69, 9.17) is 14.2 Å². The molecule has 1 aromatic carbocycles. The number of carbonyl (C=O) groups excluding carboxylic acids is 2. The minimum absolute atomic E-state index is 0.0464. The highest BCUT2D eigenvalue weighted by atomic mass is 16.5. The topological polar surface area (TPSA) is 73.9 Å². The van der Waals surface area contributed by atoms with E-state index in [1.165, 1.54) is 6.92 Å². The number of rotatable bonds is 7. The summed E-state index contributed by atoms with van der Waals surface area (Å²) >= 11 is 0. The standard InChI is InChI=1S/C17H21NO5/c1-10(19)5-6-18-17(20)12-7-11-9-14(21-2)16(23-4)15(22-3)13(11)8-12/h7,9H,5-6,8H2,1-4H3,(H,18,20). The molecule has 2 rings (SSSR count). The monoisotopic (exact) mass is 319 g/mol. The second-order valence-electron chi connectivity index (χ2n) is 5.27. The van der Waals surface area contributed by atoms with Crippen molar-refractivity contribution in [1.29, 1.82) is 0 Å². The van der Waals surface area contributed by atoms with Crippen molar-refractivity contribution < 1.29 is 23.8 Å². The molecule has 124 valence electrons. The maximum atomic E-state index is 12.2. The second-order valence-corrected chi connectivity index (χ2v) is 5.27. The quantitative estimate of drug-likeness (QED) is 0.829. The van der Waals surface area contributed by atoms with E-state index in [1.807, 2.05) is 12.1 Å². The number of hydrogen-bond donors (Lipinski definition) is 1. The zero-order chi connectivity index (χ0) is 17.0. The molecule has 0 aromatic heterocycles. The SMILES string of the molecule is COc1cc2c(c(OC)c1OC)CC(C(=O)NCCC(C)=O)=C2. The Morgan fingerprint density at radius 1 is 1.13 bits per heavy atom. The van der Waals surface area contributed by atoms with E-state index in [0.717, 1.165) is 11.1 Å². The van der Waals surface area contributed by atoms with E-state index < -0.39 is 0 Å². The molecule has 1 amide bonds. The molecule has 1 aromatic rings. The molecular formula is C17H21NO5. The van der Waals surface area contributed by atoms with Gasteiger partial charge in [-0.3, -0.25) is 9.59 Å². The average Bonchev–Trinajstić information content (AvgIpc) is 2.95. The fraction of sp³-hybridized carbons (Fsp3) is 0.412. The van der Waals surface area contributed by atoms with Gasteiger partial charge in [-0.1, -0.05) is 0 Å². The van der Waals surface area contributed by atoms with E-state index >= 15 is 0 Å². The molecule has 1 N–H and O–H groups in total. The number of nitrogens with one attached hydrogen (secondary N) is 1. The third kappa shape index (κ3) is 3.47.